The van der Waals surface area contributed by atoms with Crippen LogP contribution >= 0.6 is 0 Å². The van der Waals surface area contributed by atoms with Gasteiger partial charge in [0.15, 0.2) is 0 Å². The molecule has 0 saturated carbocycles. The van der Waals surface area contributed by atoms with Crippen molar-refractivity contribution < 1.29 is 4.79 Å². The maximum Gasteiger partial charge on any atom is 0.225 e. The minimum Gasteiger partial charge on any atom is -0.344 e. The zero-order valence-electron chi connectivity index (χ0n) is 12.4. The Labute approximate surface area is 112 Å². The lowest BCUT2D eigenvalue weighted by Crippen LogP contribution is -2.45. The fraction of sp³-hybridized carbons (Fsp3) is 0.933. The Morgan fingerprint density at radius 2 is 2.17 bits per heavy atom. The Kier molecular flexibility index (Phi) is 7.33. The van der Waals surface area contributed by atoms with Gasteiger partial charge in [0.05, 0.1) is 0 Å². The molecule has 1 rings (SSSR count). The van der Waals surface area contributed by atoms with E-state index in [2.05, 4.69) is 19.2 Å². The van der Waals surface area contributed by atoms with Crippen LogP contribution in [0.2, 0.25) is 0 Å². The van der Waals surface area contributed by atoms with Gasteiger partial charge in [-0.15, -0.1) is 0 Å². The van der Waals surface area contributed by atoms with Crippen LogP contribution in [-0.2, 0) is 4.79 Å². The molecule has 0 aromatic rings. The molecular formula is C15H30N2O. The summed E-state index contributed by atoms with van der Waals surface area (Å²) in [6.45, 7) is 6.30. The maximum absolute atomic E-state index is 12.4. The predicted molar refractivity (Wildman–Crippen MR) is 76.6 cm³/mol. The second kappa shape index (κ2) is 8.52. The Balaban J connectivity index is 2.37. The third-order valence-corrected chi connectivity index (χ3v) is 4.03. The highest BCUT2D eigenvalue weighted by Crippen LogP contribution is 2.16. The monoisotopic (exact) mass is 254 g/mol. The standard InChI is InChI=1S/C15H30N2O/c1-4-6-9-13(5-2)15(18)17(3)12-14-10-7-8-11-16-14/h13-14,16H,4-12H2,1-3H3. The van der Waals surface area contributed by atoms with E-state index in [1.807, 2.05) is 11.9 Å². The van der Waals surface area contributed by atoms with Crippen molar-refractivity contribution in [3.63, 3.8) is 0 Å². The highest BCUT2D eigenvalue weighted by molar-refractivity contribution is 5.78. The van der Waals surface area contributed by atoms with Gasteiger partial charge in [-0.05, 0) is 32.2 Å². The van der Waals surface area contributed by atoms with Crippen LogP contribution in [0, 0.1) is 5.92 Å². The molecule has 0 bridgehead atoms. The van der Waals surface area contributed by atoms with Crippen molar-refractivity contribution in [3.05, 3.63) is 0 Å². The molecule has 1 saturated heterocycles. The average Bonchev–Trinajstić information content (AvgIpc) is 2.40. The highest BCUT2D eigenvalue weighted by atomic mass is 16.2. The van der Waals surface area contributed by atoms with Crippen molar-refractivity contribution in [2.45, 2.75) is 64.8 Å². The van der Waals surface area contributed by atoms with E-state index in [-0.39, 0.29) is 5.92 Å². The SMILES string of the molecule is CCCCC(CC)C(=O)N(C)CC1CCCCN1. The largest absolute Gasteiger partial charge is 0.344 e. The Morgan fingerprint density at radius 1 is 1.39 bits per heavy atom. The summed E-state index contributed by atoms with van der Waals surface area (Å²) in [6, 6.07) is 0.511. The van der Waals surface area contributed by atoms with Crippen molar-refractivity contribution in [3.8, 4) is 0 Å². The molecule has 18 heavy (non-hydrogen) atoms. The molecule has 0 aromatic carbocycles. The first-order valence-corrected chi connectivity index (χ1v) is 7.67. The minimum absolute atomic E-state index is 0.235. The van der Waals surface area contributed by atoms with E-state index in [1.54, 1.807) is 0 Å². The second-order valence-corrected chi connectivity index (χ2v) is 5.61. The average molecular weight is 254 g/mol. The first kappa shape index (κ1) is 15.5. The molecular weight excluding hydrogens is 224 g/mol. The smallest absolute Gasteiger partial charge is 0.225 e. The van der Waals surface area contributed by atoms with Gasteiger partial charge in [-0.2, -0.15) is 0 Å². The number of hydrogen-bond acceptors (Lipinski definition) is 2. The lowest BCUT2D eigenvalue weighted by atomic mass is 9.97. The van der Waals surface area contributed by atoms with Crippen molar-refractivity contribution >= 4 is 5.91 Å². The van der Waals surface area contributed by atoms with Gasteiger partial charge in [0, 0.05) is 25.6 Å². The number of piperidine rings is 1. The summed E-state index contributed by atoms with van der Waals surface area (Å²) in [6.07, 6.45) is 8.16. The van der Waals surface area contributed by atoms with E-state index >= 15 is 0 Å². The van der Waals surface area contributed by atoms with E-state index in [9.17, 15) is 4.79 Å². The van der Waals surface area contributed by atoms with E-state index < -0.39 is 0 Å². The summed E-state index contributed by atoms with van der Waals surface area (Å²) >= 11 is 0. The third kappa shape index (κ3) is 4.97. The molecule has 2 atom stereocenters. The molecule has 1 heterocycles. The molecule has 3 heteroatoms. The number of likely N-dealkylation sites (N-methyl/N-ethyl adjacent to an activating group) is 1. The van der Waals surface area contributed by atoms with Gasteiger partial charge >= 0.3 is 0 Å². The van der Waals surface area contributed by atoms with E-state index in [0.29, 0.717) is 11.9 Å². The molecule has 106 valence electrons. The van der Waals surface area contributed by atoms with Crippen molar-refractivity contribution in [1.29, 1.82) is 0 Å². The van der Waals surface area contributed by atoms with Crippen LogP contribution in [0.25, 0.3) is 0 Å². The van der Waals surface area contributed by atoms with Crippen LogP contribution in [-0.4, -0.2) is 37.0 Å². The number of hydrogen-bond donors (Lipinski definition) is 1. The molecule has 1 aliphatic rings. The molecule has 0 spiro atoms. The molecule has 0 aromatic heterocycles. The first-order valence-electron chi connectivity index (χ1n) is 7.67. The summed E-state index contributed by atoms with van der Waals surface area (Å²) in [7, 11) is 1.97. The van der Waals surface area contributed by atoms with Crippen molar-refractivity contribution in [2.75, 3.05) is 20.1 Å². The topological polar surface area (TPSA) is 32.3 Å². The number of nitrogens with one attached hydrogen (secondary N) is 1. The maximum atomic E-state index is 12.4. The lowest BCUT2D eigenvalue weighted by molar-refractivity contribution is -0.135. The van der Waals surface area contributed by atoms with E-state index in [4.69, 9.17) is 0 Å². The van der Waals surface area contributed by atoms with Gasteiger partial charge in [-0.3, -0.25) is 4.79 Å². The van der Waals surface area contributed by atoms with Crippen LogP contribution in [0.4, 0.5) is 0 Å². The van der Waals surface area contributed by atoms with Gasteiger partial charge < -0.3 is 10.2 Å². The minimum atomic E-state index is 0.235. The molecule has 1 N–H and O–H groups in total. The van der Waals surface area contributed by atoms with Crippen molar-refractivity contribution in [1.82, 2.24) is 10.2 Å². The third-order valence-electron chi connectivity index (χ3n) is 4.03. The molecule has 0 radical (unpaired) electrons. The van der Waals surface area contributed by atoms with Crippen molar-refractivity contribution in [2.24, 2.45) is 5.92 Å². The van der Waals surface area contributed by atoms with Crippen LogP contribution in [0.3, 0.4) is 0 Å². The van der Waals surface area contributed by atoms with Crippen LogP contribution in [0.5, 0.6) is 0 Å². The molecule has 1 fully saturated rings. The van der Waals surface area contributed by atoms with Gasteiger partial charge in [-0.1, -0.05) is 33.1 Å². The summed E-state index contributed by atoms with van der Waals surface area (Å²) < 4.78 is 0. The van der Waals surface area contributed by atoms with E-state index in [1.165, 1.54) is 32.1 Å². The quantitative estimate of drug-likeness (QED) is 0.757. The predicted octanol–water partition coefficient (Wildman–Crippen LogP) is 2.80. The van der Waals surface area contributed by atoms with Gasteiger partial charge in [0.1, 0.15) is 0 Å². The number of carbonyl (C=O) groups is 1. The van der Waals surface area contributed by atoms with Crippen LogP contribution in [0.1, 0.15) is 58.8 Å². The normalized spacial score (nSPS) is 21.6. The molecule has 1 amide bonds. The Bertz CT molecular complexity index is 237. The molecule has 3 nitrogen and oxygen atoms in total. The van der Waals surface area contributed by atoms with Crippen LogP contribution in [0.15, 0.2) is 0 Å². The summed E-state index contributed by atoms with van der Waals surface area (Å²) in [5.41, 5.74) is 0. The Hall–Kier alpha value is -0.570. The molecule has 0 aliphatic carbocycles. The van der Waals surface area contributed by atoms with E-state index in [0.717, 1.165) is 25.9 Å². The lowest BCUT2D eigenvalue weighted by Gasteiger charge is -2.30. The second-order valence-electron chi connectivity index (χ2n) is 5.61. The number of carbonyl (C=O) groups excluding carboxylic acids is 1. The fourth-order valence-electron chi connectivity index (χ4n) is 2.76. The Morgan fingerprint density at radius 3 is 2.72 bits per heavy atom. The zero-order chi connectivity index (χ0) is 13.4. The number of unbranched alkanes of at least 4 members (excludes halogenated alkanes) is 1. The number of amides is 1. The summed E-state index contributed by atoms with van der Waals surface area (Å²) in [5.74, 6) is 0.580. The summed E-state index contributed by atoms with van der Waals surface area (Å²) in [4.78, 5) is 14.3. The number of rotatable bonds is 7. The van der Waals surface area contributed by atoms with Gasteiger partial charge in [0.25, 0.3) is 0 Å². The zero-order valence-corrected chi connectivity index (χ0v) is 12.4. The first-order chi connectivity index (χ1) is 8.69. The van der Waals surface area contributed by atoms with Gasteiger partial charge in [0.2, 0.25) is 5.91 Å². The van der Waals surface area contributed by atoms with Crippen LogP contribution < -0.4 is 5.32 Å². The number of nitrogens with zero attached hydrogens (tertiary/aromatic N) is 1. The highest BCUT2D eigenvalue weighted by Gasteiger charge is 2.22. The molecule has 2 unspecified atom stereocenters. The summed E-state index contributed by atoms with van der Waals surface area (Å²) in [5, 5.41) is 3.51. The fourth-order valence-corrected chi connectivity index (χ4v) is 2.76. The van der Waals surface area contributed by atoms with Gasteiger partial charge in [-0.25, -0.2) is 0 Å². The molecule has 1 aliphatic heterocycles.